The topological polar surface area (TPSA) is 29.5 Å². The molecule has 0 radical (unpaired) electrons. The van der Waals surface area contributed by atoms with Crippen molar-refractivity contribution in [1.82, 2.24) is 0 Å². The third kappa shape index (κ3) is 4.73. The Labute approximate surface area is 328 Å². The highest BCUT2D eigenvalue weighted by molar-refractivity contribution is 6.36. The lowest BCUT2D eigenvalue weighted by Gasteiger charge is -2.30. The van der Waals surface area contributed by atoms with Crippen LogP contribution in [0.2, 0.25) is 0 Å². The van der Waals surface area contributed by atoms with Crippen LogP contribution in [0.1, 0.15) is 0 Å². The molecule has 3 nitrogen and oxygen atoms in total. The Bertz CT molecular complexity index is 3510. The van der Waals surface area contributed by atoms with Gasteiger partial charge in [-0.2, -0.15) is 0 Å². The summed E-state index contributed by atoms with van der Waals surface area (Å²) in [5.41, 5.74) is 11.2. The number of nitrogens with zero attached hydrogens (tertiary/aromatic N) is 1. The van der Waals surface area contributed by atoms with E-state index in [9.17, 15) is 0 Å². The summed E-state index contributed by atoms with van der Waals surface area (Å²) in [5, 5.41) is 11.8. The largest absolute Gasteiger partial charge is 0.456 e. The number of furan rings is 2. The maximum atomic E-state index is 6.78. The van der Waals surface area contributed by atoms with Crippen molar-refractivity contribution >= 4 is 93.3 Å². The van der Waals surface area contributed by atoms with Crippen molar-refractivity contribution in [2.45, 2.75) is 0 Å². The van der Waals surface area contributed by atoms with Gasteiger partial charge in [0.05, 0.1) is 17.1 Å². The number of hydrogen-bond donors (Lipinski definition) is 0. The van der Waals surface area contributed by atoms with Crippen LogP contribution in [0.4, 0.5) is 17.1 Å². The van der Waals surface area contributed by atoms with E-state index in [1.165, 1.54) is 32.3 Å². The first kappa shape index (κ1) is 31.7. The predicted molar refractivity (Wildman–Crippen MR) is 239 cm³/mol. The van der Waals surface area contributed by atoms with Gasteiger partial charge in [0.25, 0.3) is 0 Å². The third-order valence-electron chi connectivity index (χ3n) is 11.7. The van der Waals surface area contributed by atoms with Crippen LogP contribution in [0.15, 0.2) is 209 Å². The summed E-state index contributed by atoms with van der Waals surface area (Å²) < 4.78 is 13.2. The summed E-state index contributed by atoms with van der Waals surface area (Å²) in [6, 6.07) is 71.4. The van der Waals surface area contributed by atoms with E-state index in [4.69, 9.17) is 8.83 Å². The van der Waals surface area contributed by atoms with Gasteiger partial charge in [0, 0.05) is 38.1 Å². The first-order chi connectivity index (χ1) is 28.3. The van der Waals surface area contributed by atoms with Crippen molar-refractivity contribution in [3.63, 3.8) is 0 Å². The molecular formula is C54H33NO2. The van der Waals surface area contributed by atoms with Gasteiger partial charge in [-0.25, -0.2) is 0 Å². The quantitative estimate of drug-likeness (QED) is 0.165. The fourth-order valence-electron chi connectivity index (χ4n) is 9.26. The van der Waals surface area contributed by atoms with Crippen molar-refractivity contribution < 1.29 is 8.83 Å². The van der Waals surface area contributed by atoms with Gasteiger partial charge in [-0.3, -0.25) is 0 Å². The van der Waals surface area contributed by atoms with Gasteiger partial charge >= 0.3 is 0 Å². The van der Waals surface area contributed by atoms with E-state index in [1.54, 1.807) is 0 Å². The lowest BCUT2D eigenvalue weighted by Crippen LogP contribution is -2.12. The van der Waals surface area contributed by atoms with Gasteiger partial charge in [0.15, 0.2) is 5.58 Å². The zero-order valence-corrected chi connectivity index (χ0v) is 30.8. The van der Waals surface area contributed by atoms with Crippen molar-refractivity contribution in [3.05, 3.63) is 200 Å². The molecule has 3 heteroatoms. The van der Waals surface area contributed by atoms with Gasteiger partial charge in [0.2, 0.25) is 0 Å². The minimum Gasteiger partial charge on any atom is -0.456 e. The Morgan fingerprint density at radius 1 is 0.263 bits per heavy atom. The molecule has 0 spiro atoms. The number of anilines is 3. The molecule has 0 saturated carbocycles. The molecule has 10 aromatic carbocycles. The Morgan fingerprint density at radius 3 is 1.56 bits per heavy atom. The van der Waals surface area contributed by atoms with E-state index in [0.29, 0.717) is 0 Å². The smallest absolute Gasteiger partial charge is 0.159 e. The molecule has 266 valence electrons. The molecule has 12 aromatic rings. The van der Waals surface area contributed by atoms with Crippen LogP contribution >= 0.6 is 0 Å². The number of hydrogen-bond acceptors (Lipinski definition) is 3. The molecular weight excluding hydrogens is 695 g/mol. The van der Waals surface area contributed by atoms with Crippen LogP contribution in [0.5, 0.6) is 0 Å². The third-order valence-corrected chi connectivity index (χ3v) is 11.7. The second kappa shape index (κ2) is 12.5. The molecule has 0 aliphatic carbocycles. The highest BCUT2D eigenvalue weighted by Gasteiger charge is 2.25. The molecule has 0 fully saturated rings. The van der Waals surface area contributed by atoms with Gasteiger partial charge in [-0.05, 0) is 80.5 Å². The summed E-state index contributed by atoms with van der Waals surface area (Å²) in [5.74, 6) is 0. The van der Waals surface area contributed by atoms with Gasteiger partial charge in [-0.15, -0.1) is 0 Å². The van der Waals surface area contributed by atoms with Crippen LogP contribution < -0.4 is 4.90 Å². The molecule has 0 aliphatic rings. The Morgan fingerprint density at radius 2 is 0.772 bits per heavy atom. The second-order valence-electron chi connectivity index (χ2n) is 14.7. The molecule has 12 rings (SSSR count). The first-order valence-corrected chi connectivity index (χ1v) is 19.4. The monoisotopic (exact) mass is 727 g/mol. The number of fused-ring (bicyclic) bond motifs is 13. The second-order valence-corrected chi connectivity index (χ2v) is 14.7. The Balaban J connectivity index is 1.19. The summed E-state index contributed by atoms with van der Waals surface area (Å²) in [7, 11) is 0. The van der Waals surface area contributed by atoms with Gasteiger partial charge < -0.3 is 13.7 Å². The van der Waals surface area contributed by atoms with Crippen LogP contribution in [0, 0.1) is 0 Å². The maximum Gasteiger partial charge on any atom is 0.159 e. The van der Waals surface area contributed by atoms with E-state index < -0.39 is 0 Å². The summed E-state index contributed by atoms with van der Waals surface area (Å²) >= 11 is 0. The summed E-state index contributed by atoms with van der Waals surface area (Å²) in [6.07, 6.45) is 0. The zero-order chi connectivity index (χ0) is 37.5. The van der Waals surface area contributed by atoms with Crippen LogP contribution in [-0.2, 0) is 0 Å². The highest BCUT2D eigenvalue weighted by atomic mass is 16.3. The fraction of sp³-hybridized carbons (Fsp3) is 0. The van der Waals surface area contributed by atoms with E-state index >= 15 is 0 Å². The number of rotatable bonds is 5. The van der Waals surface area contributed by atoms with Crippen molar-refractivity contribution in [1.29, 1.82) is 0 Å². The summed E-state index contributed by atoms with van der Waals surface area (Å²) in [6.45, 7) is 0. The average Bonchev–Trinajstić information content (AvgIpc) is 3.86. The van der Waals surface area contributed by atoms with Crippen LogP contribution in [-0.4, -0.2) is 0 Å². The SMILES string of the molecule is c1ccc(-c2ccccc2N(c2ccccc2-c2cccc3c4ccc5oc6ccccc6c5c4c4ccccc4c23)c2cccc3c2oc2ccccc23)cc1. The standard InChI is InChI=1S/C54H33NO2/c1-2-16-34(17-3-1)35-18-6-10-27-45(35)55(47-29-15-26-43-37-20-8-12-30-48(37)57-54(43)47)46-28-11-7-19-36(46)38-24-14-25-40-42-32-33-50-53(44-23-9-13-31-49(44)56-50)52(42)41-22-5-4-21-39(41)51(38)40/h1-33H. The molecule has 2 aromatic heterocycles. The lowest BCUT2D eigenvalue weighted by molar-refractivity contribution is 0.669. The van der Waals surface area contributed by atoms with Gasteiger partial charge in [0.1, 0.15) is 16.7 Å². The van der Waals surface area contributed by atoms with E-state index in [0.717, 1.165) is 83.2 Å². The number of benzene rings is 10. The van der Waals surface area contributed by atoms with Gasteiger partial charge in [-0.1, -0.05) is 158 Å². The molecule has 0 N–H and O–H groups in total. The average molecular weight is 728 g/mol. The predicted octanol–water partition coefficient (Wildman–Crippen LogP) is 15.7. The van der Waals surface area contributed by atoms with E-state index in [1.807, 2.05) is 12.1 Å². The van der Waals surface area contributed by atoms with Crippen LogP contribution in [0.25, 0.3) is 98.4 Å². The summed E-state index contributed by atoms with van der Waals surface area (Å²) in [4.78, 5) is 2.41. The van der Waals surface area contributed by atoms with Crippen molar-refractivity contribution in [3.8, 4) is 22.3 Å². The molecule has 2 heterocycles. The molecule has 0 saturated heterocycles. The minimum absolute atomic E-state index is 0.849. The Kier molecular flexibility index (Phi) is 6.93. The molecule has 0 atom stereocenters. The molecule has 0 amide bonds. The van der Waals surface area contributed by atoms with Crippen molar-refractivity contribution in [2.75, 3.05) is 4.90 Å². The highest BCUT2D eigenvalue weighted by Crippen LogP contribution is 2.50. The normalized spacial score (nSPS) is 11.9. The first-order valence-electron chi connectivity index (χ1n) is 19.4. The Hall–Kier alpha value is -7.62. The maximum absolute atomic E-state index is 6.78. The molecule has 57 heavy (non-hydrogen) atoms. The molecule has 0 unspecified atom stereocenters. The fourth-order valence-corrected chi connectivity index (χ4v) is 9.26. The van der Waals surface area contributed by atoms with Crippen LogP contribution in [0.3, 0.4) is 0 Å². The van der Waals surface area contributed by atoms with E-state index in [2.05, 4.69) is 193 Å². The molecule has 0 aliphatic heterocycles. The molecule has 0 bridgehead atoms. The lowest BCUT2D eigenvalue weighted by atomic mass is 9.87. The number of para-hydroxylation sites is 5. The zero-order valence-electron chi connectivity index (χ0n) is 30.8. The minimum atomic E-state index is 0.849. The van der Waals surface area contributed by atoms with E-state index in [-0.39, 0.29) is 0 Å². The van der Waals surface area contributed by atoms with Crippen molar-refractivity contribution in [2.24, 2.45) is 0 Å².